The third-order valence-corrected chi connectivity index (χ3v) is 5.39. The van der Waals surface area contributed by atoms with Crippen LogP contribution in [-0.4, -0.2) is 56.1 Å². The maximum atomic E-state index is 11.4. The Bertz CT molecular complexity index is 326. The molecule has 0 radical (unpaired) electrons. The molecule has 1 aliphatic carbocycles. The number of rotatable bonds is 2. The van der Waals surface area contributed by atoms with Gasteiger partial charge in [0.2, 0.25) is 10.0 Å². The number of nitrogens with zero attached hydrogens (tertiary/aromatic N) is 2. The quantitative estimate of drug-likeness (QED) is 0.702. The molecule has 1 saturated carbocycles. The van der Waals surface area contributed by atoms with Crippen molar-refractivity contribution < 1.29 is 8.42 Å². The Morgan fingerprint density at radius 3 is 1.88 bits per heavy atom. The highest BCUT2D eigenvalue weighted by molar-refractivity contribution is 7.88. The normalized spacial score (nSPS) is 26.9. The van der Waals surface area contributed by atoms with Gasteiger partial charge in [-0.3, -0.25) is 4.90 Å². The average Bonchev–Trinajstić information content (AvgIpc) is 2.56. The van der Waals surface area contributed by atoms with Crippen molar-refractivity contribution in [1.29, 1.82) is 0 Å². The van der Waals surface area contributed by atoms with Gasteiger partial charge < -0.3 is 0 Å². The van der Waals surface area contributed by atoms with Crippen molar-refractivity contribution in [3.63, 3.8) is 0 Å². The summed E-state index contributed by atoms with van der Waals surface area (Å²) >= 11 is 0. The molecule has 0 aromatic heterocycles. The van der Waals surface area contributed by atoms with E-state index in [-0.39, 0.29) is 0 Å². The van der Waals surface area contributed by atoms with E-state index in [1.165, 1.54) is 44.8 Å². The van der Waals surface area contributed by atoms with E-state index in [4.69, 9.17) is 0 Å². The minimum atomic E-state index is -2.98. The first-order valence-corrected chi connectivity index (χ1v) is 8.61. The van der Waals surface area contributed by atoms with Crippen LogP contribution in [0.2, 0.25) is 0 Å². The van der Waals surface area contributed by atoms with E-state index in [2.05, 4.69) is 4.90 Å². The minimum absolute atomic E-state index is 0.676. The van der Waals surface area contributed by atoms with Crippen LogP contribution in [0.1, 0.15) is 38.5 Å². The van der Waals surface area contributed by atoms with E-state index in [0.717, 1.165) is 13.1 Å². The molecule has 0 aromatic rings. The predicted octanol–water partition coefficient (Wildman–Crippen LogP) is 1.29. The van der Waals surface area contributed by atoms with Gasteiger partial charge in [0.1, 0.15) is 0 Å². The van der Waals surface area contributed by atoms with Gasteiger partial charge in [-0.15, -0.1) is 0 Å². The van der Waals surface area contributed by atoms with E-state index in [1.807, 2.05) is 0 Å². The van der Waals surface area contributed by atoms with Crippen LogP contribution in [-0.2, 0) is 10.0 Å². The molecule has 17 heavy (non-hydrogen) atoms. The van der Waals surface area contributed by atoms with Crippen molar-refractivity contribution in [2.24, 2.45) is 0 Å². The van der Waals surface area contributed by atoms with Crippen LogP contribution in [0.4, 0.5) is 0 Å². The Morgan fingerprint density at radius 2 is 1.41 bits per heavy atom. The molecule has 5 heteroatoms. The standard InChI is InChI=1S/C12H24N2O2S/c1-17(15,16)14-10-8-13(9-11-14)12-6-4-2-3-5-7-12/h12H,2-11H2,1H3. The first-order chi connectivity index (χ1) is 8.07. The zero-order valence-corrected chi connectivity index (χ0v) is 11.6. The maximum absolute atomic E-state index is 11.4. The smallest absolute Gasteiger partial charge is 0.211 e. The second-order valence-electron chi connectivity index (χ2n) is 5.34. The number of sulfonamides is 1. The molecule has 2 fully saturated rings. The molecule has 4 nitrogen and oxygen atoms in total. The predicted molar refractivity (Wildman–Crippen MR) is 69.5 cm³/mol. The van der Waals surface area contributed by atoms with E-state index in [9.17, 15) is 8.42 Å². The van der Waals surface area contributed by atoms with Crippen molar-refractivity contribution in [3.05, 3.63) is 0 Å². The van der Waals surface area contributed by atoms with Crippen molar-refractivity contribution in [2.75, 3.05) is 32.4 Å². The summed E-state index contributed by atoms with van der Waals surface area (Å²) in [5.41, 5.74) is 0. The number of piperazine rings is 1. The summed E-state index contributed by atoms with van der Waals surface area (Å²) in [6.45, 7) is 3.18. The van der Waals surface area contributed by atoms with Gasteiger partial charge in [0.15, 0.2) is 0 Å². The Balaban J connectivity index is 1.85. The van der Waals surface area contributed by atoms with Crippen LogP contribution in [0, 0.1) is 0 Å². The van der Waals surface area contributed by atoms with Gasteiger partial charge in [-0.1, -0.05) is 25.7 Å². The van der Waals surface area contributed by atoms with Gasteiger partial charge in [-0.2, -0.15) is 4.31 Å². The lowest BCUT2D eigenvalue weighted by Gasteiger charge is -2.38. The van der Waals surface area contributed by atoms with E-state index in [1.54, 1.807) is 4.31 Å². The lowest BCUT2D eigenvalue weighted by Crippen LogP contribution is -2.51. The topological polar surface area (TPSA) is 40.6 Å². The van der Waals surface area contributed by atoms with Gasteiger partial charge in [0.05, 0.1) is 6.26 Å². The lowest BCUT2D eigenvalue weighted by molar-refractivity contribution is 0.126. The largest absolute Gasteiger partial charge is 0.298 e. The Kier molecular flexibility index (Phi) is 4.44. The van der Waals surface area contributed by atoms with Gasteiger partial charge >= 0.3 is 0 Å². The zero-order chi connectivity index (χ0) is 12.3. The van der Waals surface area contributed by atoms with Crippen LogP contribution in [0.15, 0.2) is 0 Å². The molecule has 0 amide bonds. The van der Waals surface area contributed by atoms with Crippen molar-refractivity contribution in [2.45, 2.75) is 44.6 Å². The lowest BCUT2D eigenvalue weighted by atomic mass is 10.1. The van der Waals surface area contributed by atoms with Crippen LogP contribution < -0.4 is 0 Å². The van der Waals surface area contributed by atoms with Crippen LogP contribution in [0.5, 0.6) is 0 Å². The molecule has 0 spiro atoms. The highest BCUT2D eigenvalue weighted by atomic mass is 32.2. The van der Waals surface area contributed by atoms with Gasteiger partial charge in [0, 0.05) is 32.2 Å². The Labute approximate surface area is 105 Å². The van der Waals surface area contributed by atoms with E-state index >= 15 is 0 Å². The minimum Gasteiger partial charge on any atom is -0.298 e. The molecule has 0 atom stereocenters. The SMILES string of the molecule is CS(=O)(=O)N1CCN(C2CCCCCC2)CC1. The number of hydrogen-bond acceptors (Lipinski definition) is 3. The first-order valence-electron chi connectivity index (χ1n) is 6.76. The summed E-state index contributed by atoms with van der Waals surface area (Å²) in [5.74, 6) is 0. The molecule has 1 saturated heterocycles. The maximum Gasteiger partial charge on any atom is 0.211 e. The molecular weight excluding hydrogens is 236 g/mol. The summed E-state index contributed by atoms with van der Waals surface area (Å²) in [6, 6.07) is 0.708. The van der Waals surface area contributed by atoms with Crippen molar-refractivity contribution in [3.8, 4) is 0 Å². The van der Waals surface area contributed by atoms with Gasteiger partial charge in [-0.05, 0) is 12.8 Å². The zero-order valence-electron chi connectivity index (χ0n) is 10.8. The second kappa shape index (κ2) is 5.67. The summed E-state index contributed by atoms with van der Waals surface area (Å²) < 4.78 is 24.5. The fourth-order valence-electron chi connectivity index (χ4n) is 3.02. The van der Waals surface area contributed by atoms with Crippen molar-refractivity contribution >= 4 is 10.0 Å². The first kappa shape index (κ1) is 13.3. The third-order valence-electron chi connectivity index (χ3n) is 4.08. The molecular formula is C12H24N2O2S. The molecule has 1 aliphatic heterocycles. The molecule has 0 aromatic carbocycles. The van der Waals surface area contributed by atoms with Crippen LogP contribution >= 0.6 is 0 Å². The van der Waals surface area contributed by atoms with Crippen molar-refractivity contribution in [1.82, 2.24) is 9.21 Å². The summed E-state index contributed by atoms with van der Waals surface area (Å²) in [5, 5.41) is 0. The van der Waals surface area contributed by atoms with Crippen LogP contribution in [0.25, 0.3) is 0 Å². The highest BCUT2D eigenvalue weighted by Gasteiger charge is 2.27. The number of hydrogen-bond donors (Lipinski definition) is 0. The summed E-state index contributed by atoms with van der Waals surface area (Å²) in [7, 11) is -2.98. The third kappa shape index (κ3) is 3.66. The summed E-state index contributed by atoms with van der Waals surface area (Å²) in [4.78, 5) is 2.51. The Hall–Kier alpha value is -0.130. The molecule has 1 heterocycles. The molecule has 2 aliphatic rings. The van der Waals surface area contributed by atoms with Crippen LogP contribution in [0.3, 0.4) is 0 Å². The molecule has 100 valence electrons. The Morgan fingerprint density at radius 1 is 0.882 bits per heavy atom. The molecule has 0 unspecified atom stereocenters. The van der Waals surface area contributed by atoms with Gasteiger partial charge in [0.25, 0.3) is 0 Å². The molecule has 0 N–H and O–H groups in total. The van der Waals surface area contributed by atoms with E-state index < -0.39 is 10.0 Å². The monoisotopic (exact) mass is 260 g/mol. The van der Waals surface area contributed by atoms with E-state index in [0.29, 0.717) is 19.1 Å². The fourth-order valence-corrected chi connectivity index (χ4v) is 3.85. The molecule has 2 rings (SSSR count). The summed E-state index contributed by atoms with van der Waals surface area (Å²) in [6.07, 6.45) is 9.36. The average molecular weight is 260 g/mol. The van der Waals surface area contributed by atoms with Gasteiger partial charge in [-0.25, -0.2) is 8.42 Å². The molecule has 0 bridgehead atoms. The fraction of sp³-hybridized carbons (Fsp3) is 1.00. The second-order valence-corrected chi connectivity index (χ2v) is 7.33. The highest BCUT2D eigenvalue weighted by Crippen LogP contribution is 2.23.